The lowest BCUT2D eigenvalue weighted by Crippen LogP contribution is -2.51. The highest BCUT2D eigenvalue weighted by molar-refractivity contribution is 5.90. The molecule has 1 saturated heterocycles. The van der Waals surface area contributed by atoms with Gasteiger partial charge in [0.05, 0.1) is 6.04 Å². The molecular weight excluding hydrogens is 338 g/mol. The van der Waals surface area contributed by atoms with Crippen molar-refractivity contribution >= 4 is 11.8 Å². The van der Waals surface area contributed by atoms with E-state index in [0.29, 0.717) is 25.9 Å². The highest BCUT2D eigenvalue weighted by atomic mass is 16.2. The molecule has 1 heterocycles. The van der Waals surface area contributed by atoms with Gasteiger partial charge in [0.15, 0.2) is 0 Å². The van der Waals surface area contributed by atoms with Crippen LogP contribution in [0, 0.1) is 6.92 Å². The van der Waals surface area contributed by atoms with Crippen molar-refractivity contribution in [1.82, 2.24) is 10.2 Å². The maximum atomic E-state index is 12.8. The van der Waals surface area contributed by atoms with Crippen molar-refractivity contribution in [2.75, 3.05) is 6.54 Å². The summed E-state index contributed by atoms with van der Waals surface area (Å²) in [6, 6.07) is 16.7. The van der Waals surface area contributed by atoms with Gasteiger partial charge in [-0.3, -0.25) is 9.59 Å². The molecule has 142 valence electrons. The SMILES string of the molecule is Cc1cccc(CNC(=O)[C@@H]2CCCN2C(=O)[C@H](N)Cc2ccccc2)c1. The number of nitrogens with one attached hydrogen (secondary N) is 1. The van der Waals surface area contributed by atoms with Crippen LogP contribution in [0.15, 0.2) is 54.6 Å². The molecule has 0 aromatic heterocycles. The molecule has 3 N–H and O–H groups in total. The standard InChI is InChI=1S/C22H27N3O2/c1-16-7-5-10-18(13-16)15-24-21(26)20-11-6-12-25(20)22(27)19(23)14-17-8-3-2-4-9-17/h2-5,7-10,13,19-20H,6,11-12,14-15,23H2,1H3,(H,24,26)/t19-,20+/m1/s1. The number of likely N-dealkylation sites (tertiary alicyclic amines) is 1. The summed E-state index contributed by atoms with van der Waals surface area (Å²) in [5, 5.41) is 2.97. The van der Waals surface area contributed by atoms with Gasteiger partial charge in [-0.25, -0.2) is 0 Å². The van der Waals surface area contributed by atoms with E-state index in [2.05, 4.69) is 5.32 Å². The van der Waals surface area contributed by atoms with Gasteiger partial charge in [-0.1, -0.05) is 60.2 Å². The molecule has 0 aliphatic carbocycles. The zero-order valence-corrected chi connectivity index (χ0v) is 15.7. The van der Waals surface area contributed by atoms with Gasteiger partial charge in [-0.05, 0) is 37.3 Å². The lowest BCUT2D eigenvalue weighted by Gasteiger charge is -2.26. The number of rotatable bonds is 6. The molecule has 5 heteroatoms. The average Bonchev–Trinajstić information content (AvgIpc) is 3.16. The molecule has 0 saturated carbocycles. The van der Waals surface area contributed by atoms with Crippen molar-refractivity contribution in [2.24, 2.45) is 5.73 Å². The molecule has 1 aliphatic rings. The van der Waals surface area contributed by atoms with Gasteiger partial charge in [-0.15, -0.1) is 0 Å². The molecule has 2 aromatic carbocycles. The molecule has 0 radical (unpaired) electrons. The van der Waals surface area contributed by atoms with Crippen LogP contribution in [-0.4, -0.2) is 35.3 Å². The minimum absolute atomic E-state index is 0.103. The second kappa shape index (κ2) is 8.82. The molecule has 1 aliphatic heterocycles. The van der Waals surface area contributed by atoms with Crippen LogP contribution < -0.4 is 11.1 Å². The largest absolute Gasteiger partial charge is 0.350 e. The number of nitrogens with zero attached hydrogens (tertiary/aromatic N) is 1. The summed E-state index contributed by atoms with van der Waals surface area (Å²) in [4.78, 5) is 27.1. The molecule has 0 spiro atoms. The summed E-state index contributed by atoms with van der Waals surface area (Å²) in [6.45, 7) is 3.08. The first-order chi connectivity index (χ1) is 13.0. The molecule has 27 heavy (non-hydrogen) atoms. The van der Waals surface area contributed by atoms with Crippen LogP contribution in [0.2, 0.25) is 0 Å². The second-order valence-electron chi connectivity index (χ2n) is 7.19. The van der Waals surface area contributed by atoms with E-state index in [-0.39, 0.29) is 11.8 Å². The van der Waals surface area contributed by atoms with E-state index in [1.54, 1.807) is 4.90 Å². The van der Waals surface area contributed by atoms with Crippen LogP contribution in [0.5, 0.6) is 0 Å². The molecule has 0 bridgehead atoms. The second-order valence-corrected chi connectivity index (χ2v) is 7.19. The Morgan fingerprint density at radius 2 is 1.89 bits per heavy atom. The summed E-state index contributed by atoms with van der Waals surface area (Å²) in [5.41, 5.74) is 9.39. The molecule has 2 aromatic rings. The molecule has 1 fully saturated rings. The summed E-state index contributed by atoms with van der Waals surface area (Å²) in [5.74, 6) is -0.249. The Hall–Kier alpha value is -2.66. The van der Waals surface area contributed by atoms with Crippen molar-refractivity contribution < 1.29 is 9.59 Å². The zero-order valence-electron chi connectivity index (χ0n) is 15.7. The number of aryl methyl sites for hydroxylation is 1. The third-order valence-corrected chi connectivity index (χ3v) is 5.00. The smallest absolute Gasteiger partial charge is 0.243 e. The number of carbonyl (C=O) groups is 2. The predicted octanol–water partition coefficient (Wildman–Crippen LogP) is 2.17. The van der Waals surface area contributed by atoms with Gasteiger partial charge in [0.25, 0.3) is 0 Å². The highest BCUT2D eigenvalue weighted by Crippen LogP contribution is 2.19. The first-order valence-electron chi connectivity index (χ1n) is 9.48. The fourth-order valence-electron chi connectivity index (χ4n) is 3.60. The maximum absolute atomic E-state index is 12.8. The predicted molar refractivity (Wildman–Crippen MR) is 106 cm³/mol. The molecular formula is C22H27N3O2. The van der Waals surface area contributed by atoms with E-state index < -0.39 is 12.1 Å². The van der Waals surface area contributed by atoms with Gasteiger partial charge >= 0.3 is 0 Å². The third kappa shape index (κ3) is 4.95. The number of carbonyl (C=O) groups excluding carboxylic acids is 2. The van der Waals surface area contributed by atoms with E-state index in [4.69, 9.17) is 5.73 Å². The number of benzene rings is 2. The Balaban J connectivity index is 1.58. The highest BCUT2D eigenvalue weighted by Gasteiger charge is 2.35. The van der Waals surface area contributed by atoms with Gasteiger partial charge < -0.3 is 16.0 Å². The first kappa shape index (κ1) is 19.1. The number of hydrogen-bond acceptors (Lipinski definition) is 3. The lowest BCUT2D eigenvalue weighted by atomic mass is 10.1. The Morgan fingerprint density at radius 1 is 1.15 bits per heavy atom. The zero-order chi connectivity index (χ0) is 19.2. The topological polar surface area (TPSA) is 75.4 Å². The summed E-state index contributed by atoms with van der Waals surface area (Å²) in [6.07, 6.45) is 1.99. The summed E-state index contributed by atoms with van der Waals surface area (Å²) < 4.78 is 0. The molecule has 3 rings (SSSR count). The van der Waals surface area contributed by atoms with Gasteiger partial charge in [0.1, 0.15) is 6.04 Å². The molecule has 2 amide bonds. The van der Waals surface area contributed by atoms with Gasteiger partial charge in [0, 0.05) is 13.1 Å². The van der Waals surface area contributed by atoms with Crippen LogP contribution >= 0.6 is 0 Å². The Morgan fingerprint density at radius 3 is 2.63 bits per heavy atom. The van der Waals surface area contributed by atoms with Crippen LogP contribution in [0.4, 0.5) is 0 Å². The number of amides is 2. The maximum Gasteiger partial charge on any atom is 0.243 e. The van der Waals surface area contributed by atoms with E-state index in [9.17, 15) is 9.59 Å². The lowest BCUT2D eigenvalue weighted by molar-refractivity contribution is -0.139. The van der Waals surface area contributed by atoms with E-state index in [1.807, 2.05) is 61.5 Å². The normalized spacial score (nSPS) is 17.6. The Kier molecular flexibility index (Phi) is 6.24. The monoisotopic (exact) mass is 365 g/mol. The summed E-state index contributed by atoms with van der Waals surface area (Å²) >= 11 is 0. The van der Waals surface area contributed by atoms with Crippen LogP contribution in [0.3, 0.4) is 0 Å². The summed E-state index contributed by atoms with van der Waals surface area (Å²) in [7, 11) is 0. The van der Waals surface area contributed by atoms with Crippen molar-refractivity contribution in [3.63, 3.8) is 0 Å². The van der Waals surface area contributed by atoms with Gasteiger partial charge in [-0.2, -0.15) is 0 Å². The number of hydrogen-bond donors (Lipinski definition) is 2. The molecule has 0 unspecified atom stereocenters. The molecule has 5 nitrogen and oxygen atoms in total. The minimum atomic E-state index is -0.627. The van der Waals surface area contributed by atoms with E-state index >= 15 is 0 Å². The van der Waals surface area contributed by atoms with Crippen molar-refractivity contribution in [3.05, 3.63) is 71.3 Å². The van der Waals surface area contributed by atoms with Crippen LogP contribution in [0.1, 0.15) is 29.5 Å². The van der Waals surface area contributed by atoms with Crippen LogP contribution in [0.25, 0.3) is 0 Å². The first-order valence-corrected chi connectivity index (χ1v) is 9.48. The van der Waals surface area contributed by atoms with E-state index in [0.717, 1.165) is 23.1 Å². The van der Waals surface area contributed by atoms with Crippen LogP contribution in [-0.2, 0) is 22.6 Å². The molecule has 2 atom stereocenters. The Labute approximate surface area is 160 Å². The van der Waals surface area contributed by atoms with Crippen molar-refractivity contribution in [3.8, 4) is 0 Å². The van der Waals surface area contributed by atoms with E-state index in [1.165, 1.54) is 0 Å². The minimum Gasteiger partial charge on any atom is -0.350 e. The number of nitrogens with two attached hydrogens (primary N) is 1. The average molecular weight is 365 g/mol. The van der Waals surface area contributed by atoms with Crippen molar-refractivity contribution in [2.45, 2.75) is 44.8 Å². The fraction of sp³-hybridized carbons (Fsp3) is 0.364. The third-order valence-electron chi connectivity index (χ3n) is 5.00. The quantitative estimate of drug-likeness (QED) is 0.824. The van der Waals surface area contributed by atoms with Crippen molar-refractivity contribution in [1.29, 1.82) is 0 Å². The Bertz CT molecular complexity index is 791. The van der Waals surface area contributed by atoms with Gasteiger partial charge in [0.2, 0.25) is 11.8 Å². The fourth-order valence-corrected chi connectivity index (χ4v) is 3.60.